The normalized spacial score (nSPS) is 18.6. The lowest BCUT2D eigenvalue weighted by Gasteiger charge is -2.08. The fourth-order valence-corrected chi connectivity index (χ4v) is 2.73. The summed E-state index contributed by atoms with van der Waals surface area (Å²) in [6, 6.07) is 3.88. The number of amides is 1. The van der Waals surface area contributed by atoms with E-state index in [1.807, 2.05) is 28.9 Å². The van der Waals surface area contributed by atoms with Crippen LogP contribution in [-0.4, -0.2) is 28.0 Å². The van der Waals surface area contributed by atoms with Crippen LogP contribution in [0.25, 0.3) is 5.65 Å². The molecule has 5 nitrogen and oxygen atoms in total. The van der Waals surface area contributed by atoms with Gasteiger partial charge in [-0.15, -0.1) is 0 Å². The number of aromatic nitrogens is 2. The molecule has 1 aliphatic rings. The smallest absolute Gasteiger partial charge is 0.222 e. The number of pyridine rings is 1. The van der Waals surface area contributed by atoms with Crippen LogP contribution in [0, 0.1) is 0 Å². The van der Waals surface area contributed by atoms with Gasteiger partial charge in [-0.3, -0.25) is 4.79 Å². The van der Waals surface area contributed by atoms with Gasteiger partial charge in [-0.2, -0.15) is 0 Å². The SMILES string of the molecule is O=C(CC1CCCO1)NCc1cn2cc(Br)ccc2n1. The Balaban J connectivity index is 1.57. The van der Waals surface area contributed by atoms with Crippen LogP contribution >= 0.6 is 15.9 Å². The average molecular weight is 338 g/mol. The monoisotopic (exact) mass is 337 g/mol. The van der Waals surface area contributed by atoms with Gasteiger partial charge in [-0.1, -0.05) is 0 Å². The fraction of sp³-hybridized carbons (Fsp3) is 0.429. The number of hydrogen-bond donors (Lipinski definition) is 1. The molecule has 1 aliphatic heterocycles. The van der Waals surface area contributed by atoms with E-state index in [0.29, 0.717) is 13.0 Å². The Kier molecular flexibility index (Phi) is 4.03. The summed E-state index contributed by atoms with van der Waals surface area (Å²) in [6.45, 7) is 1.23. The molecule has 0 saturated carbocycles. The predicted octanol–water partition coefficient (Wildman–Crippen LogP) is 2.28. The summed E-state index contributed by atoms with van der Waals surface area (Å²) >= 11 is 3.42. The maximum absolute atomic E-state index is 11.8. The van der Waals surface area contributed by atoms with Gasteiger partial charge in [0.2, 0.25) is 5.91 Å². The van der Waals surface area contributed by atoms with Gasteiger partial charge in [-0.25, -0.2) is 4.98 Å². The Hall–Kier alpha value is -1.40. The summed E-state index contributed by atoms with van der Waals surface area (Å²) in [7, 11) is 0. The second kappa shape index (κ2) is 5.93. The summed E-state index contributed by atoms with van der Waals surface area (Å²) in [5, 5.41) is 2.89. The van der Waals surface area contributed by atoms with Crippen molar-refractivity contribution in [2.45, 2.75) is 31.9 Å². The van der Waals surface area contributed by atoms with E-state index in [0.717, 1.165) is 35.3 Å². The van der Waals surface area contributed by atoms with Crippen LogP contribution in [0.4, 0.5) is 0 Å². The van der Waals surface area contributed by atoms with Gasteiger partial charge in [-0.05, 0) is 40.9 Å². The third kappa shape index (κ3) is 3.19. The van der Waals surface area contributed by atoms with Crippen LogP contribution < -0.4 is 5.32 Å². The Morgan fingerprint density at radius 3 is 3.20 bits per heavy atom. The fourth-order valence-electron chi connectivity index (χ4n) is 2.38. The Labute approximate surface area is 125 Å². The van der Waals surface area contributed by atoms with E-state index in [-0.39, 0.29) is 12.0 Å². The lowest BCUT2D eigenvalue weighted by atomic mass is 10.2. The van der Waals surface area contributed by atoms with E-state index < -0.39 is 0 Å². The van der Waals surface area contributed by atoms with Gasteiger partial charge in [0.05, 0.1) is 24.8 Å². The summed E-state index contributed by atoms with van der Waals surface area (Å²) in [5.41, 5.74) is 1.72. The largest absolute Gasteiger partial charge is 0.378 e. The maximum atomic E-state index is 11.8. The first-order chi connectivity index (χ1) is 9.70. The van der Waals surface area contributed by atoms with Crippen molar-refractivity contribution in [3.8, 4) is 0 Å². The van der Waals surface area contributed by atoms with E-state index in [2.05, 4.69) is 26.2 Å². The molecule has 2 aromatic heterocycles. The molecule has 1 saturated heterocycles. The Bertz CT molecular complexity index is 620. The van der Waals surface area contributed by atoms with Crippen molar-refractivity contribution in [2.24, 2.45) is 0 Å². The minimum absolute atomic E-state index is 0.0233. The second-order valence-corrected chi connectivity index (χ2v) is 5.88. The van der Waals surface area contributed by atoms with Gasteiger partial charge in [0, 0.05) is 23.5 Å². The van der Waals surface area contributed by atoms with Gasteiger partial charge < -0.3 is 14.5 Å². The molecule has 20 heavy (non-hydrogen) atoms. The Morgan fingerprint density at radius 1 is 1.50 bits per heavy atom. The van der Waals surface area contributed by atoms with Gasteiger partial charge in [0.1, 0.15) is 5.65 Å². The zero-order valence-corrected chi connectivity index (χ0v) is 12.6. The first-order valence-electron chi connectivity index (χ1n) is 6.72. The zero-order valence-electron chi connectivity index (χ0n) is 11.0. The number of imidazole rings is 1. The highest BCUT2D eigenvalue weighted by atomic mass is 79.9. The molecule has 1 amide bonds. The molecule has 0 aliphatic carbocycles. The van der Waals surface area contributed by atoms with Crippen LogP contribution in [0.5, 0.6) is 0 Å². The highest BCUT2D eigenvalue weighted by molar-refractivity contribution is 9.10. The van der Waals surface area contributed by atoms with E-state index in [4.69, 9.17) is 4.74 Å². The van der Waals surface area contributed by atoms with Crippen LogP contribution in [-0.2, 0) is 16.1 Å². The zero-order chi connectivity index (χ0) is 13.9. The molecule has 1 N–H and O–H groups in total. The van der Waals surface area contributed by atoms with Crippen molar-refractivity contribution in [2.75, 3.05) is 6.61 Å². The summed E-state index contributed by atoms with van der Waals surface area (Å²) in [6.07, 6.45) is 6.44. The number of nitrogens with zero attached hydrogens (tertiary/aromatic N) is 2. The van der Waals surface area contributed by atoms with Crippen molar-refractivity contribution in [3.05, 3.63) is 34.7 Å². The van der Waals surface area contributed by atoms with Crippen molar-refractivity contribution < 1.29 is 9.53 Å². The van der Waals surface area contributed by atoms with E-state index in [1.165, 1.54) is 0 Å². The quantitative estimate of drug-likeness (QED) is 0.931. The van der Waals surface area contributed by atoms with Crippen molar-refractivity contribution in [1.29, 1.82) is 0 Å². The lowest BCUT2D eigenvalue weighted by Crippen LogP contribution is -2.26. The molecule has 1 atom stereocenters. The molecule has 3 rings (SSSR count). The molecule has 0 bridgehead atoms. The highest BCUT2D eigenvalue weighted by Crippen LogP contribution is 2.15. The van der Waals surface area contributed by atoms with Gasteiger partial charge >= 0.3 is 0 Å². The Morgan fingerprint density at radius 2 is 2.40 bits per heavy atom. The number of fused-ring (bicyclic) bond motifs is 1. The molecule has 0 spiro atoms. The molecule has 1 fully saturated rings. The summed E-state index contributed by atoms with van der Waals surface area (Å²) in [5.74, 6) is 0.0233. The first kappa shape index (κ1) is 13.6. The molecule has 106 valence electrons. The number of hydrogen-bond acceptors (Lipinski definition) is 3. The molecular weight excluding hydrogens is 322 g/mol. The van der Waals surface area contributed by atoms with Gasteiger partial charge in [0.25, 0.3) is 0 Å². The number of nitrogens with one attached hydrogen (secondary N) is 1. The molecule has 2 aromatic rings. The number of rotatable bonds is 4. The number of carbonyl (C=O) groups is 1. The maximum Gasteiger partial charge on any atom is 0.222 e. The molecule has 0 aromatic carbocycles. The minimum Gasteiger partial charge on any atom is -0.378 e. The number of halogens is 1. The summed E-state index contributed by atoms with van der Waals surface area (Å²) in [4.78, 5) is 16.3. The minimum atomic E-state index is 0.0233. The molecular formula is C14H16BrN3O2. The molecule has 3 heterocycles. The van der Waals surface area contributed by atoms with Gasteiger partial charge in [0.15, 0.2) is 0 Å². The lowest BCUT2D eigenvalue weighted by molar-refractivity contribution is -0.123. The molecule has 1 unspecified atom stereocenters. The standard InChI is InChI=1S/C14H16BrN3O2/c15-10-3-4-13-17-11(9-18(13)8-10)7-16-14(19)6-12-2-1-5-20-12/h3-4,8-9,12H,1-2,5-7H2,(H,16,19). The predicted molar refractivity (Wildman–Crippen MR) is 78.3 cm³/mol. The summed E-state index contributed by atoms with van der Waals surface area (Å²) < 4.78 is 8.38. The number of carbonyl (C=O) groups excluding carboxylic acids is 1. The molecule has 6 heteroatoms. The van der Waals surface area contributed by atoms with Crippen molar-refractivity contribution in [3.63, 3.8) is 0 Å². The molecule has 0 radical (unpaired) electrons. The van der Waals surface area contributed by atoms with Crippen molar-refractivity contribution >= 4 is 27.5 Å². The van der Waals surface area contributed by atoms with E-state index >= 15 is 0 Å². The van der Waals surface area contributed by atoms with Crippen LogP contribution in [0.3, 0.4) is 0 Å². The van der Waals surface area contributed by atoms with E-state index in [1.54, 1.807) is 0 Å². The first-order valence-corrected chi connectivity index (χ1v) is 7.51. The van der Waals surface area contributed by atoms with Crippen molar-refractivity contribution in [1.82, 2.24) is 14.7 Å². The third-order valence-corrected chi connectivity index (χ3v) is 3.84. The van der Waals surface area contributed by atoms with Crippen LogP contribution in [0.1, 0.15) is 25.0 Å². The third-order valence-electron chi connectivity index (χ3n) is 3.37. The van der Waals surface area contributed by atoms with E-state index in [9.17, 15) is 4.79 Å². The van der Waals surface area contributed by atoms with Crippen LogP contribution in [0.2, 0.25) is 0 Å². The number of ether oxygens (including phenoxy) is 1. The average Bonchev–Trinajstić information content (AvgIpc) is 3.04. The van der Waals surface area contributed by atoms with Crippen LogP contribution in [0.15, 0.2) is 29.0 Å². The highest BCUT2D eigenvalue weighted by Gasteiger charge is 2.18. The topological polar surface area (TPSA) is 55.6 Å². The second-order valence-electron chi connectivity index (χ2n) is 4.96.